The fourth-order valence-corrected chi connectivity index (χ4v) is 4.59. The quantitative estimate of drug-likeness (QED) is 0.0390. The highest BCUT2D eigenvalue weighted by Crippen LogP contribution is 2.15. The van der Waals surface area contributed by atoms with E-state index in [9.17, 15) is 19.8 Å². The first-order valence-electron chi connectivity index (χ1n) is 17.0. The third-order valence-electron chi connectivity index (χ3n) is 7.59. The molecular weight excluding hydrogens is 528 g/mol. The lowest BCUT2D eigenvalue weighted by Crippen LogP contribution is -2.28. The number of unbranched alkanes of at least 4 members (excludes halogenated alkanes) is 11. The number of ether oxygens (including phenoxy) is 2. The van der Waals surface area contributed by atoms with E-state index >= 15 is 0 Å². The Balaban J connectivity index is 3.71. The van der Waals surface area contributed by atoms with E-state index in [1.54, 1.807) is 0 Å². The molecule has 0 aliphatic rings. The lowest BCUT2D eigenvalue weighted by atomic mass is 9.99. The van der Waals surface area contributed by atoms with Gasteiger partial charge < -0.3 is 19.7 Å². The van der Waals surface area contributed by atoms with Crippen molar-refractivity contribution in [2.45, 2.75) is 161 Å². The van der Waals surface area contributed by atoms with Crippen LogP contribution in [-0.4, -0.2) is 47.6 Å². The molecule has 2 unspecified atom stereocenters. The second-order valence-electron chi connectivity index (χ2n) is 11.7. The second kappa shape index (κ2) is 30.5. The Labute approximate surface area is 258 Å². The van der Waals surface area contributed by atoms with Gasteiger partial charge in [0, 0.05) is 12.8 Å². The zero-order valence-corrected chi connectivity index (χ0v) is 27.3. The topological polar surface area (TPSA) is 93.1 Å². The van der Waals surface area contributed by atoms with Crippen molar-refractivity contribution in [2.75, 3.05) is 13.2 Å². The molecule has 6 heteroatoms. The molecule has 3 atom stereocenters. The van der Waals surface area contributed by atoms with Crippen molar-refractivity contribution in [3.05, 3.63) is 36.5 Å². The average Bonchev–Trinajstić information content (AvgIpc) is 2.98. The van der Waals surface area contributed by atoms with E-state index in [4.69, 9.17) is 9.47 Å². The largest absolute Gasteiger partial charge is 0.462 e. The molecule has 0 bridgehead atoms. The van der Waals surface area contributed by atoms with E-state index in [0.29, 0.717) is 12.8 Å². The van der Waals surface area contributed by atoms with Crippen molar-refractivity contribution in [2.24, 2.45) is 5.92 Å². The highest BCUT2D eigenvalue weighted by atomic mass is 16.6. The number of hydrogen-bond acceptors (Lipinski definition) is 6. The van der Waals surface area contributed by atoms with E-state index in [2.05, 4.69) is 39.0 Å². The molecule has 42 heavy (non-hydrogen) atoms. The van der Waals surface area contributed by atoms with Gasteiger partial charge in [0.25, 0.3) is 0 Å². The molecular formula is C36H64O6. The number of carbonyl (C=O) groups is 2. The smallest absolute Gasteiger partial charge is 0.306 e. The molecule has 0 heterocycles. The van der Waals surface area contributed by atoms with Gasteiger partial charge in [-0.3, -0.25) is 9.59 Å². The number of carbonyl (C=O) groups excluding carboxylic acids is 2. The molecule has 0 radical (unpaired) electrons. The van der Waals surface area contributed by atoms with Crippen LogP contribution in [0.5, 0.6) is 0 Å². The van der Waals surface area contributed by atoms with Crippen LogP contribution in [0.1, 0.15) is 149 Å². The number of esters is 2. The number of rotatable bonds is 29. The zero-order chi connectivity index (χ0) is 31.1. The van der Waals surface area contributed by atoms with Crippen molar-refractivity contribution in [1.29, 1.82) is 0 Å². The van der Waals surface area contributed by atoms with Crippen molar-refractivity contribution in [1.82, 2.24) is 0 Å². The lowest BCUT2D eigenvalue weighted by molar-refractivity contribution is -0.161. The predicted molar refractivity (Wildman–Crippen MR) is 174 cm³/mol. The first-order chi connectivity index (χ1) is 20.4. The summed E-state index contributed by atoms with van der Waals surface area (Å²) in [4.78, 5) is 24.1. The van der Waals surface area contributed by atoms with Crippen LogP contribution in [0.3, 0.4) is 0 Å². The van der Waals surface area contributed by atoms with Gasteiger partial charge in [-0.05, 0) is 38.0 Å². The summed E-state index contributed by atoms with van der Waals surface area (Å²) < 4.78 is 10.5. The highest BCUT2D eigenvalue weighted by Gasteiger charge is 2.16. The van der Waals surface area contributed by atoms with Crippen LogP contribution in [0.4, 0.5) is 0 Å². The molecule has 0 aromatic carbocycles. The maximum atomic E-state index is 12.1. The summed E-state index contributed by atoms with van der Waals surface area (Å²) in [5.74, 6) is 0.178. The molecule has 0 saturated heterocycles. The van der Waals surface area contributed by atoms with Crippen molar-refractivity contribution in [3.8, 4) is 0 Å². The summed E-state index contributed by atoms with van der Waals surface area (Å²) in [6.45, 7) is 6.24. The van der Waals surface area contributed by atoms with Crippen molar-refractivity contribution in [3.63, 3.8) is 0 Å². The fourth-order valence-electron chi connectivity index (χ4n) is 4.59. The minimum Gasteiger partial charge on any atom is -0.462 e. The minimum atomic E-state index is -0.807. The van der Waals surface area contributed by atoms with E-state index < -0.39 is 12.2 Å². The standard InChI is InChI=1S/C36H64O6/c1-4-6-7-8-11-16-21-26-33(38)27-22-17-14-19-24-29-36(40)42-34(30-37)31-41-35(39)28-23-18-13-10-9-12-15-20-25-32(3)5-2/h6-7,11,16,21,26,32-34,37-38H,4-5,8-10,12-15,17-20,22-25,27-31H2,1-3H3/b7-6+,16-11+,26-21+/t32?,33?,34-/m0/s1. The highest BCUT2D eigenvalue weighted by molar-refractivity contribution is 5.70. The van der Waals surface area contributed by atoms with Crippen LogP contribution < -0.4 is 0 Å². The summed E-state index contributed by atoms with van der Waals surface area (Å²) in [7, 11) is 0. The molecule has 0 spiro atoms. The van der Waals surface area contributed by atoms with E-state index in [0.717, 1.165) is 70.1 Å². The van der Waals surface area contributed by atoms with E-state index in [1.165, 1.54) is 44.9 Å². The van der Waals surface area contributed by atoms with Crippen LogP contribution in [0.15, 0.2) is 36.5 Å². The molecule has 0 aromatic heterocycles. The number of aliphatic hydroxyl groups excluding tert-OH is 2. The van der Waals surface area contributed by atoms with Gasteiger partial charge in [-0.2, -0.15) is 0 Å². The molecule has 0 amide bonds. The SMILES string of the molecule is CC/C=C/C/C=C/C=C/C(O)CCCCCCCC(=O)O[C@@H](CO)COC(=O)CCCCCCCCCCC(C)CC. The van der Waals surface area contributed by atoms with E-state index in [1.807, 2.05) is 18.2 Å². The molecule has 6 nitrogen and oxygen atoms in total. The Morgan fingerprint density at radius 1 is 0.714 bits per heavy atom. The average molecular weight is 593 g/mol. The summed E-state index contributed by atoms with van der Waals surface area (Å²) in [6.07, 6.45) is 30.7. The maximum Gasteiger partial charge on any atom is 0.306 e. The monoisotopic (exact) mass is 592 g/mol. The lowest BCUT2D eigenvalue weighted by Gasteiger charge is -2.15. The molecule has 2 N–H and O–H groups in total. The Hall–Kier alpha value is -1.92. The summed E-state index contributed by atoms with van der Waals surface area (Å²) in [5.41, 5.74) is 0. The van der Waals surface area contributed by atoms with Crippen LogP contribution >= 0.6 is 0 Å². The second-order valence-corrected chi connectivity index (χ2v) is 11.7. The predicted octanol–water partition coefficient (Wildman–Crippen LogP) is 8.94. The molecule has 0 aliphatic heterocycles. The van der Waals surface area contributed by atoms with Crippen molar-refractivity contribution < 1.29 is 29.3 Å². The summed E-state index contributed by atoms with van der Waals surface area (Å²) >= 11 is 0. The first kappa shape index (κ1) is 40.1. The Morgan fingerprint density at radius 3 is 1.88 bits per heavy atom. The van der Waals surface area contributed by atoms with Crippen LogP contribution in [0.25, 0.3) is 0 Å². The van der Waals surface area contributed by atoms with Gasteiger partial charge in [-0.1, -0.05) is 141 Å². The van der Waals surface area contributed by atoms with Gasteiger partial charge in [0.2, 0.25) is 0 Å². The van der Waals surface area contributed by atoms with E-state index in [-0.39, 0.29) is 31.6 Å². The Morgan fingerprint density at radius 2 is 1.29 bits per heavy atom. The number of aliphatic hydroxyl groups is 2. The third-order valence-corrected chi connectivity index (χ3v) is 7.59. The maximum absolute atomic E-state index is 12.1. The molecule has 0 fully saturated rings. The third kappa shape index (κ3) is 28.2. The van der Waals surface area contributed by atoms with Crippen molar-refractivity contribution >= 4 is 11.9 Å². The van der Waals surface area contributed by atoms with Crippen LogP contribution in [-0.2, 0) is 19.1 Å². The molecule has 0 aromatic rings. The van der Waals surface area contributed by atoms with Gasteiger partial charge in [-0.25, -0.2) is 0 Å². The van der Waals surface area contributed by atoms with Crippen LogP contribution in [0, 0.1) is 5.92 Å². The van der Waals surface area contributed by atoms with Gasteiger partial charge in [0.1, 0.15) is 6.61 Å². The number of allylic oxidation sites excluding steroid dienone is 5. The Bertz CT molecular complexity index is 714. The molecule has 244 valence electrons. The van der Waals surface area contributed by atoms with Gasteiger partial charge in [0.15, 0.2) is 6.10 Å². The zero-order valence-electron chi connectivity index (χ0n) is 27.3. The van der Waals surface area contributed by atoms with Crippen LogP contribution in [0.2, 0.25) is 0 Å². The number of hydrogen-bond donors (Lipinski definition) is 2. The van der Waals surface area contributed by atoms with Gasteiger partial charge in [-0.15, -0.1) is 0 Å². The normalized spacial score (nSPS) is 14.1. The molecule has 0 aliphatic carbocycles. The summed E-state index contributed by atoms with van der Waals surface area (Å²) in [6, 6.07) is 0. The fraction of sp³-hybridized carbons (Fsp3) is 0.778. The molecule has 0 rings (SSSR count). The summed E-state index contributed by atoms with van der Waals surface area (Å²) in [5, 5.41) is 19.5. The first-order valence-corrected chi connectivity index (χ1v) is 17.0. The minimum absolute atomic E-state index is 0.0970. The van der Waals surface area contributed by atoms with Gasteiger partial charge >= 0.3 is 11.9 Å². The Kier molecular flexibility index (Phi) is 29.1. The molecule has 0 saturated carbocycles. The van der Waals surface area contributed by atoms with Gasteiger partial charge in [0.05, 0.1) is 12.7 Å².